The van der Waals surface area contributed by atoms with Gasteiger partial charge in [-0.15, -0.1) is 0 Å². The minimum Gasteiger partial charge on any atom is -0.368 e. The molecular formula is C16H24FN3. The van der Waals surface area contributed by atoms with Gasteiger partial charge < -0.3 is 10.2 Å². The highest BCUT2D eigenvalue weighted by atomic mass is 19.1. The van der Waals surface area contributed by atoms with Gasteiger partial charge in [0.2, 0.25) is 0 Å². The Balaban J connectivity index is 1.86. The van der Waals surface area contributed by atoms with Gasteiger partial charge in [-0.05, 0) is 57.1 Å². The molecule has 0 saturated carbocycles. The van der Waals surface area contributed by atoms with Crippen LogP contribution in [0.1, 0.15) is 31.4 Å². The third-order valence-electron chi connectivity index (χ3n) is 4.82. The zero-order valence-corrected chi connectivity index (χ0v) is 12.4. The predicted octanol–water partition coefficient (Wildman–Crippen LogP) is 2.39. The maximum atomic E-state index is 13.6. The van der Waals surface area contributed by atoms with Crippen LogP contribution in [0, 0.1) is 5.82 Å². The van der Waals surface area contributed by atoms with E-state index >= 15 is 0 Å². The van der Waals surface area contributed by atoms with Gasteiger partial charge in [-0.25, -0.2) is 4.39 Å². The number of benzene rings is 1. The van der Waals surface area contributed by atoms with E-state index in [0.29, 0.717) is 6.04 Å². The number of anilines is 1. The average Bonchev–Trinajstić information content (AvgIpc) is 2.93. The summed E-state index contributed by atoms with van der Waals surface area (Å²) in [7, 11) is 1.92. The smallest absolute Gasteiger partial charge is 0.123 e. The van der Waals surface area contributed by atoms with Crippen LogP contribution in [-0.2, 0) is 0 Å². The normalized spacial score (nSPS) is 24.8. The Labute approximate surface area is 120 Å². The number of hydrogen-bond acceptors (Lipinski definition) is 3. The number of nitrogens with one attached hydrogen (secondary N) is 1. The molecule has 0 radical (unpaired) electrons. The first kappa shape index (κ1) is 13.8. The molecule has 2 aliphatic heterocycles. The van der Waals surface area contributed by atoms with E-state index in [1.165, 1.54) is 25.1 Å². The first-order valence-electron chi connectivity index (χ1n) is 7.64. The van der Waals surface area contributed by atoms with Gasteiger partial charge in [0.25, 0.3) is 0 Å². The highest BCUT2D eigenvalue weighted by Gasteiger charge is 2.31. The largest absolute Gasteiger partial charge is 0.368 e. The molecule has 3 nitrogen and oxygen atoms in total. The second-order valence-electron chi connectivity index (χ2n) is 5.99. The van der Waals surface area contributed by atoms with Gasteiger partial charge in [0, 0.05) is 37.4 Å². The summed E-state index contributed by atoms with van der Waals surface area (Å²) in [6.45, 7) is 6.60. The molecule has 0 spiro atoms. The highest BCUT2D eigenvalue weighted by molar-refractivity contribution is 5.55. The minimum atomic E-state index is -0.148. The van der Waals surface area contributed by atoms with Crippen molar-refractivity contribution in [3.63, 3.8) is 0 Å². The molecule has 1 aromatic rings. The molecule has 0 aromatic heterocycles. The van der Waals surface area contributed by atoms with Gasteiger partial charge in [-0.3, -0.25) is 4.90 Å². The minimum absolute atomic E-state index is 0.148. The molecule has 110 valence electrons. The Hall–Kier alpha value is -1.13. The van der Waals surface area contributed by atoms with Crippen LogP contribution in [0.3, 0.4) is 0 Å². The molecule has 2 aliphatic rings. The van der Waals surface area contributed by atoms with E-state index in [1.807, 2.05) is 13.1 Å². The van der Waals surface area contributed by atoms with Gasteiger partial charge in [0.1, 0.15) is 5.82 Å². The number of nitrogens with zero attached hydrogens (tertiary/aromatic N) is 2. The topological polar surface area (TPSA) is 18.5 Å². The number of piperazine rings is 1. The second kappa shape index (κ2) is 5.70. The summed E-state index contributed by atoms with van der Waals surface area (Å²) in [5, 5.41) is 3.23. The zero-order chi connectivity index (χ0) is 14.1. The molecule has 1 N–H and O–H groups in total. The Morgan fingerprint density at radius 1 is 1.30 bits per heavy atom. The molecule has 2 atom stereocenters. The van der Waals surface area contributed by atoms with Gasteiger partial charge >= 0.3 is 0 Å². The molecule has 2 fully saturated rings. The van der Waals surface area contributed by atoms with Crippen LogP contribution in [-0.4, -0.2) is 44.2 Å². The lowest BCUT2D eigenvalue weighted by atomic mass is 10.0. The summed E-state index contributed by atoms with van der Waals surface area (Å²) >= 11 is 0. The van der Waals surface area contributed by atoms with Crippen LogP contribution in [0.5, 0.6) is 0 Å². The molecule has 20 heavy (non-hydrogen) atoms. The van der Waals surface area contributed by atoms with Crippen LogP contribution >= 0.6 is 0 Å². The predicted molar refractivity (Wildman–Crippen MR) is 80.7 cm³/mol. The van der Waals surface area contributed by atoms with Crippen molar-refractivity contribution in [3.8, 4) is 0 Å². The number of halogens is 1. The molecular weight excluding hydrogens is 253 g/mol. The molecule has 0 amide bonds. The summed E-state index contributed by atoms with van der Waals surface area (Å²) in [4.78, 5) is 5.04. The first-order valence-corrected chi connectivity index (χ1v) is 7.64. The number of hydrogen-bond donors (Lipinski definition) is 1. The molecule has 0 bridgehead atoms. The average molecular weight is 277 g/mol. The van der Waals surface area contributed by atoms with Crippen LogP contribution in [0.25, 0.3) is 0 Å². The lowest BCUT2D eigenvalue weighted by Gasteiger charge is -2.40. The molecule has 2 saturated heterocycles. The Kier molecular flexibility index (Phi) is 3.94. The molecule has 3 rings (SSSR count). The summed E-state index contributed by atoms with van der Waals surface area (Å²) in [6.07, 6.45) is 2.62. The van der Waals surface area contributed by atoms with Crippen molar-refractivity contribution in [2.45, 2.75) is 31.8 Å². The SMILES string of the molecule is CNC(C)c1cc(F)ccc1N1CCN2CCCC2C1. The zero-order valence-electron chi connectivity index (χ0n) is 12.4. The number of fused-ring (bicyclic) bond motifs is 1. The van der Waals surface area contributed by atoms with Crippen LogP contribution in [0.4, 0.5) is 10.1 Å². The van der Waals surface area contributed by atoms with Crippen molar-refractivity contribution >= 4 is 5.69 Å². The monoisotopic (exact) mass is 277 g/mol. The lowest BCUT2D eigenvalue weighted by molar-refractivity contribution is 0.230. The van der Waals surface area contributed by atoms with Gasteiger partial charge in [0.05, 0.1) is 0 Å². The maximum Gasteiger partial charge on any atom is 0.123 e. The molecule has 0 aliphatic carbocycles. The maximum absolute atomic E-state index is 13.6. The van der Waals surface area contributed by atoms with Gasteiger partial charge in [-0.1, -0.05) is 0 Å². The summed E-state index contributed by atoms with van der Waals surface area (Å²) < 4.78 is 13.6. The van der Waals surface area contributed by atoms with E-state index < -0.39 is 0 Å². The lowest BCUT2D eigenvalue weighted by Crippen LogP contribution is -2.50. The summed E-state index contributed by atoms with van der Waals surface area (Å²) in [5.41, 5.74) is 2.26. The van der Waals surface area contributed by atoms with Crippen molar-refractivity contribution in [1.29, 1.82) is 0 Å². The van der Waals surface area contributed by atoms with Crippen molar-refractivity contribution in [2.24, 2.45) is 0 Å². The standard InChI is InChI=1S/C16H24FN3/c1-12(18-2)15-10-13(17)5-6-16(15)20-9-8-19-7-3-4-14(19)11-20/h5-6,10,12,14,18H,3-4,7-9,11H2,1-2H3. The van der Waals surface area contributed by atoms with E-state index in [9.17, 15) is 4.39 Å². The van der Waals surface area contributed by atoms with Crippen molar-refractivity contribution in [3.05, 3.63) is 29.6 Å². The van der Waals surface area contributed by atoms with Crippen molar-refractivity contribution < 1.29 is 4.39 Å². The van der Waals surface area contributed by atoms with Crippen LogP contribution in [0.15, 0.2) is 18.2 Å². The Morgan fingerprint density at radius 3 is 2.95 bits per heavy atom. The van der Waals surface area contributed by atoms with E-state index in [-0.39, 0.29) is 11.9 Å². The second-order valence-corrected chi connectivity index (χ2v) is 5.99. The fourth-order valence-corrected chi connectivity index (χ4v) is 3.53. The fourth-order valence-electron chi connectivity index (χ4n) is 3.53. The third kappa shape index (κ3) is 2.54. The van der Waals surface area contributed by atoms with E-state index in [4.69, 9.17) is 0 Å². The van der Waals surface area contributed by atoms with E-state index in [0.717, 1.165) is 25.2 Å². The van der Waals surface area contributed by atoms with Crippen LogP contribution in [0.2, 0.25) is 0 Å². The fraction of sp³-hybridized carbons (Fsp3) is 0.625. The van der Waals surface area contributed by atoms with Gasteiger partial charge in [-0.2, -0.15) is 0 Å². The van der Waals surface area contributed by atoms with Crippen LogP contribution < -0.4 is 10.2 Å². The quantitative estimate of drug-likeness (QED) is 0.915. The summed E-state index contributed by atoms with van der Waals surface area (Å²) in [6, 6.07) is 6.07. The Morgan fingerprint density at radius 2 is 2.15 bits per heavy atom. The Bertz CT molecular complexity index is 477. The molecule has 4 heteroatoms. The van der Waals surface area contributed by atoms with E-state index in [1.54, 1.807) is 12.1 Å². The molecule has 1 aromatic carbocycles. The number of rotatable bonds is 3. The molecule has 2 unspecified atom stereocenters. The van der Waals surface area contributed by atoms with E-state index in [2.05, 4.69) is 22.0 Å². The van der Waals surface area contributed by atoms with Gasteiger partial charge in [0.15, 0.2) is 0 Å². The third-order valence-corrected chi connectivity index (χ3v) is 4.82. The highest BCUT2D eigenvalue weighted by Crippen LogP contribution is 2.31. The van der Waals surface area contributed by atoms with Crippen molar-refractivity contribution in [2.75, 3.05) is 38.1 Å². The first-order chi connectivity index (χ1) is 9.69. The summed E-state index contributed by atoms with van der Waals surface area (Å²) in [5.74, 6) is -0.148. The molecule has 2 heterocycles. The van der Waals surface area contributed by atoms with Crippen molar-refractivity contribution in [1.82, 2.24) is 10.2 Å².